The summed E-state index contributed by atoms with van der Waals surface area (Å²) in [4.78, 5) is 11.5. The largest absolute Gasteiger partial charge is 0.469 e. The lowest BCUT2D eigenvalue weighted by Crippen LogP contribution is -2.30. The van der Waals surface area contributed by atoms with Gasteiger partial charge in [0.1, 0.15) is 0 Å². The highest BCUT2D eigenvalue weighted by Crippen LogP contribution is 2.46. The van der Waals surface area contributed by atoms with Crippen LogP contribution in [-0.4, -0.2) is 19.6 Å². The highest BCUT2D eigenvalue weighted by Gasteiger charge is 2.50. The van der Waals surface area contributed by atoms with Crippen molar-refractivity contribution in [1.29, 1.82) is 0 Å². The number of hydrogen-bond donors (Lipinski definition) is 1. The van der Waals surface area contributed by atoms with Crippen LogP contribution in [0.1, 0.15) is 18.4 Å². The Morgan fingerprint density at radius 2 is 2.06 bits per heavy atom. The van der Waals surface area contributed by atoms with Gasteiger partial charge in [-0.05, 0) is 30.5 Å². The second-order valence-corrected chi connectivity index (χ2v) is 5.42. The molecule has 1 N–H and O–H groups in total. The van der Waals surface area contributed by atoms with Gasteiger partial charge in [-0.15, -0.1) is 0 Å². The predicted molar refractivity (Wildman–Crippen MR) is 69.5 cm³/mol. The molecule has 17 heavy (non-hydrogen) atoms. The van der Waals surface area contributed by atoms with Crippen molar-refractivity contribution in [2.75, 3.05) is 13.7 Å². The van der Waals surface area contributed by atoms with Crippen molar-refractivity contribution in [3.05, 3.63) is 34.3 Å². The van der Waals surface area contributed by atoms with Crippen molar-refractivity contribution in [3.63, 3.8) is 0 Å². The van der Waals surface area contributed by atoms with Crippen molar-refractivity contribution in [2.24, 2.45) is 5.41 Å². The van der Waals surface area contributed by atoms with Crippen LogP contribution < -0.4 is 5.32 Å². The Morgan fingerprint density at radius 1 is 1.41 bits per heavy atom. The molecule has 0 heterocycles. The Labute approximate surface area is 110 Å². The molecule has 0 atom stereocenters. The lowest BCUT2D eigenvalue weighted by Gasteiger charge is -2.13. The zero-order valence-corrected chi connectivity index (χ0v) is 11.4. The molecule has 1 aliphatic rings. The van der Waals surface area contributed by atoms with Gasteiger partial charge in [-0.3, -0.25) is 4.79 Å². The molecule has 0 aromatic heterocycles. The van der Waals surface area contributed by atoms with E-state index in [4.69, 9.17) is 4.74 Å². The molecule has 2 rings (SSSR count). The average molecular weight is 298 g/mol. The number of esters is 1. The van der Waals surface area contributed by atoms with Crippen LogP contribution in [0.4, 0.5) is 0 Å². The van der Waals surface area contributed by atoms with Gasteiger partial charge in [0.05, 0.1) is 12.5 Å². The number of carbonyl (C=O) groups excluding carboxylic acids is 1. The minimum atomic E-state index is -0.246. The zero-order chi connectivity index (χ0) is 12.3. The van der Waals surface area contributed by atoms with Crippen LogP contribution in [0.15, 0.2) is 28.7 Å². The molecule has 0 unspecified atom stereocenters. The highest BCUT2D eigenvalue weighted by atomic mass is 79.9. The number of nitrogens with one attached hydrogen (secondary N) is 1. The van der Waals surface area contributed by atoms with E-state index in [1.807, 2.05) is 12.1 Å². The summed E-state index contributed by atoms with van der Waals surface area (Å²) in [5, 5.41) is 3.32. The van der Waals surface area contributed by atoms with Crippen molar-refractivity contribution in [1.82, 2.24) is 5.32 Å². The molecule has 0 bridgehead atoms. The fourth-order valence-electron chi connectivity index (χ4n) is 1.87. The summed E-state index contributed by atoms with van der Waals surface area (Å²) in [5.74, 6) is -0.0826. The van der Waals surface area contributed by atoms with E-state index in [1.54, 1.807) is 0 Å². The topological polar surface area (TPSA) is 38.3 Å². The molecule has 1 aromatic carbocycles. The zero-order valence-electron chi connectivity index (χ0n) is 9.83. The third-order valence-electron chi connectivity index (χ3n) is 3.18. The number of hydrogen-bond acceptors (Lipinski definition) is 3. The molecule has 1 aromatic rings. The monoisotopic (exact) mass is 297 g/mol. The quantitative estimate of drug-likeness (QED) is 0.849. The second kappa shape index (κ2) is 5.19. The molecule has 3 nitrogen and oxygen atoms in total. The van der Waals surface area contributed by atoms with Crippen molar-refractivity contribution >= 4 is 21.9 Å². The molecule has 0 aliphatic heterocycles. The van der Waals surface area contributed by atoms with Crippen molar-refractivity contribution < 1.29 is 9.53 Å². The Kier molecular flexibility index (Phi) is 3.84. The Hall–Kier alpha value is -0.870. The predicted octanol–water partition coefficient (Wildman–Crippen LogP) is 2.49. The third-order valence-corrected chi connectivity index (χ3v) is 3.71. The summed E-state index contributed by atoms with van der Waals surface area (Å²) in [6.45, 7) is 1.49. The van der Waals surface area contributed by atoms with Crippen LogP contribution >= 0.6 is 15.9 Å². The molecule has 0 radical (unpaired) electrons. The summed E-state index contributed by atoms with van der Waals surface area (Å²) in [5.41, 5.74) is 0.971. The number of methoxy groups -OCH3 is 1. The number of benzene rings is 1. The molecule has 0 amide bonds. The number of halogens is 1. The first-order valence-corrected chi connectivity index (χ1v) is 6.49. The van der Waals surface area contributed by atoms with E-state index in [2.05, 4.69) is 33.4 Å². The van der Waals surface area contributed by atoms with Crippen LogP contribution in [0.3, 0.4) is 0 Å². The summed E-state index contributed by atoms with van der Waals surface area (Å²) >= 11 is 3.40. The first kappa shape index (κ1) is 12.6. The van der Waals surface area contributed by atoms with Crippen LogP contribution in [0.2, 0.25) is 0 Å². The maximum absolute atomic E-state index is 11.5. The van der Waals surface area contributed by atoms with Gasteiger partial charge in [-0.2, -0.15) is 0 Å². The molecule has 0 saturated heterocycles. The molecule has 1 saturated carbocycles. The lowest BCUT2D eigenvalue weighted by molar-refractivity contribution is -0.146. The summed E-state index contributed by atoms with van der Waals surface area (Å²) < 4.78 is 5.89. The van der Waals surface area contributed by atoms with Gasteiger partial charge < -0.3 is 10.1 Å². The molecule has 1 aliphatic carbocycles. The van der Waals surface area contributed by atoms with E-state index < -0.39 is 0 Å². The second-order valence-electron chi connectivity index (χ2n) is 4.50. The minimum Gasteiger partial charge on any atom is -0.469 e. The smallest absolute Gasteiger partial charge is 0.313 e. The summed E-state index contributed by atoms with van der Waals surface area (Å²) in [7, 11) is 1.46. The van der Waals surface area contributed by atoms with Crippen LogP contribution in [0.25, 0.3) is 0 Å². The van der Waals surface area contributed by atoms with Gasteiger partial charge in [0.15, 0.2) is 0 Å². The van der Waals surface area contributed by atoms with Gasteiger partial charge in [0.25, 0.3) is 0 Å². The number of rotatable bonds is 5. The maximum Gasteiger partial charge on any atom is 0.313 e. The summed E-state index contributed by atoms with van der Waals surface area (Å²) in [6.07, 6.45) is 1.88. The van der Waals surface area contributed by atoms with Crippen LogP contribution in [0, 0.1) is 5.41 Å². The number of ether oxygens (including phenoxy) is 1. The van der Waals surface area contributed by atoms with Crippen LogP contribution in [0.5, 0.6) is 0 Å². The van der Waals surface area contributed by atoms with Crippen LogP contribution in [-0.2, 0) is 16.1 Å². The lowest BCUT2D eigenvalue weighted by atomic mass is 10.1. The fraction of sp³-hybridized carbons (Fsp3) is 0.462. The SMILES string of the molecule is COC(=O)C1(CNCc2ccc(Br)cc2)CC1. The van der Waals surface area contributed by atoms with Gasteiger partial charge in [0, 0.05) is 17.6 Å². The van der Waals surface area contributed by atoms with E-state index in [1.165, 1.54) is 12.7 Å². The molecule has 4 heteroatoms. The van der Waals surface area contributed by atoms with Gasteiger partial charge in [0.2, 0.25) is 0 Å². The highest BCUT2D eigenvalue weighted by molar-refractivity contribution is 9.10. The van der Waals surface area contributed by atoms with Crippen molar-refractivity contribution in [2.45, 2.75) is 19.4 Å². The van der Waals surface area contributed by atoms with Crippen molar-refractivity contribution in [3.8, 4) is 0 Å². The Bertz CT molecular complexity index is 398. The van der Waals surface area contributed by atoms with Gasteiger partial charge in [-0.1, -0.05) is 28.1 Å². The molecular weight excluding hydrogens is 282 g/mol. The van der Waals surface area contributed by atoms with E-state index in [-0.39, 0.29) is 11.4 Å². The standard InChI is InChI=1S/C13H16BrNO2/c1-17-12(16)13(6-7-13)9-15-8-10-2-4-11(14)5-3-10/h2-5,15H,6-9H2,1H3. The minimum absolute atomic E-state index is 0.0826. The molecule has 0 spiro atoms. The fourth-order valence-corrected chi connectivity index (χ4v) is 2.13. The Balaban J connectivity index is 1.80. The number of carbonyl (C=O) groups is 1. The average Bonchev–Trinajstić information content (AvgIpc) is 3.12. The summed E-state index contributed by atoms with van der Waals surface area (Å²) in [6, 6.07) is 8.16. The molecule has 92 valence electrons. The van der Waals surface area contributed by atoms with Gasteiger partial charge in [-0.25, -0.2) is 0 Å². The van der Waals surface area contributed by atoms with E-state index >= 15 is 0 Å². The van der Waals surface area contributed by atoms with Gasteiger partial charge >= 0.3 is 5.97 Å². The van der Waals surface area contributed by atoms with E-state index in [9.17, 15) is 4.79 Å². The van der Waals surface area contributed by atoms with E-state index in [0.717, 1.165) is 23.9 Å². The third kappa shape index (κ3) is 3.07. The first-order chi connectivity index (χ1) is 8.16. The normalized spacial score (nSPS) is 16.6. The maximum atomic E-state index is 11.5. The van der Waals surface area contributed by atoms with E-state index in [0.29, 0.717) is 6.54 Å². The Morgan fingerprint density at radius 3 is 2.59 bits per heavy atom. The first-order valence-electron chi connectivity index (χ1n) is 5.70. The molecular formula is C13H16BrNO2. The molecule has 1 fully saturated rings.